The van der Waals surface area contributed by atoms with E-state index in [4.69, 9.17) is 4.74 Å². The van der Waals surface area contributed by atoms with Gasteiger partial charge in [-0.15, -0.1) is 0 Å². The maximum atomic E-state index is 4.82. The van der Waals surface area contributed by atoms with Gasteiger partial charge in [-0.2, -0.15) is 0 Å². The second kappa shape index (κ2) is 1.78. The lowest BCUT2D eigenvalue weighted by molar-refractivity contribution is 0.256. The highest BCUT2D eigenvalue weighted by atomic mass is 16.5. The zero-order valence-electron chi connectivity index (χ0n) is 4.22. The van der Waals surface area contributed by atoms with Gasteiger partial charge in [-0.05, 0) is 6.92 Å². The molecule has 0 unspecified atom stereocenters. The van der Waals surface area contributed by atoms with Crippen molar-refractivity contribution in [2.75, 3.05) is 6.73 Å². The van der Waals surface area contributed by atoms with Gasteiger partial charge < -0.3 is 4.74 Å². The van der Waals surface area contributed by atoms with E-state index < -0.39 is 0 Å². The number of rotatable bonds is 0. The standard InChI is InChI=1S/C5H7NO/c1-5-2-6-4-7-3-5/h2-3H,4H2,1H3. The van der Waals surface area contributed by atoms with Crippen molar-refractivity contribution in [3.8, 4) is 0 Å². The Hall–Kier alpha value is -0.790. The van der Waals surface area contributed by atoms with Gasteiger partial charge in [0.15, 0.2) is 6.73 Å². The van der Waals surface area contributed by atoms with Gasteiger partial charge in [-0.1, -0.05) is 0 Å². The number of allylic oxidation sites excluding steroid dienone is 1. The molecule has 0 N–H and O–H groups in total. The van der Waals surface area contributed by atoms with Crippen molar-refractivity contribution in [1.29, 1.82) is 0 Å². The first-order valence-corrected chi connectivity index (χ1v) is 2.18. The Morgan fingerprint density at radius 3 is 3.00 bits per heavy atom. The lowest BCUT2D eigenvalue weighted by atomic mass is 10.4. The second-order valence-electron chi connectivity index (χ2n) is 1.47. The number of aliphatic imine (C=N–C) groups is 1. The summed E-state index contributed by atoms with van der Waals surface area (Å²) in [6.45, 7) is 2.43. The lowest BCUT2D eigenvalue weighted by Crippen LogP contribution is -1.92. The normalized spacial score (nSPS) is 18.1. The summed E-state index contributed by atoms with van der Waals surface area (Å²) in [6.07, 6.45) is 3.50. The molecule has 0 aliphatic carbocycles. The molecule has 0 aromatic rings. The summed E-state index contributed by atoms with van der Waals surface area (Å²) in [5.74, 6) is 0. The molecule has 38 valence electrons. The van der Waals surface area contributed by atoms with Crippen LogP contribution in [0, 0.1) is 0 Å². The predicted octanol–water partition coefficient (Wildman–Crippen LogP) is 0.949. The average molecular weight is 97.1 g/mol. The monoisotopic (exact) mass is 97.1 g/mol. The van der Waals surface area contributed by atoms with Crippen LogP contribution in [0.3, 0.4) is 0 Å². The van der Waals surface area contributed by atoms with Gasteiger partial charge in [0.25, 0.3) is 0 Å². The van der Waals surface area contributed by atoms with Crippen molar-refractivity contribution >= 4 is 6.21 Å². The number of hydrogen-bond donors (Lipinski definition) is 0. The van der Waals surface area contributed by atoms with Gasteiger partial charge in [0.2, 0.25) is 0 Å². The molecule has 0 radical (unpaired) electrons. The Kier molecular flexibility index (Phi) is 1.11. The third-order valence-corrected chi connectivity index (χ3v) is 0.713. The molecule has 1 heterocycles. The molecule has 0 atom stereocenters. The summed E-state index contributed by atoms with van der Waals surface area (Å²) >= 11 is 0. The Morgan fingerprint density at radius 1 is 1.86 bits per heavy atom. The summed E-state index contributed by atoms with van der Waals surface area (Å²) in [5, 5.41) is 0. The first kappa shape index (κ1) is 4.37. The van der Waals surface area contributed by atoms with Crippen LogP contribution < -0.4 is 0 Å². The van der Waals surface area contributed by atoms with E-state index in [1.165, 1.54) is 0 Å². The molecule has 1 aliphatic heterocycles. The first-order valence-electron chi connectivity index (χ1n) is 2.18. The van der Waals surface area contributed by atoms with Gasteiger partial charge >= 0.3 is 0 Å². The van der Waals surface area contributed by atoms with Crippen molar-refractivity contribution in [2.45, 2.75) is 6.92 Å². The van der Waals surface area contributed by atoms with Crippen LogP contribution in [0.4, 0.5) is 0 Å². The predicted molar refractivity (Wildman–Crippen MR) is 28.2 cm³/mol. The molecule has 0 bridgehead atoms. The van der Waals surface area contributed by atoms with Crippen LogP contribution in [-0.2, 0) is 4.74 Å². The van der Waals surface area contributed by atoms with E-state index >= 15 is 0 Å². The van der Waals surface area contributed by atoms with Crippen molar-refractivity contribution in [3.63, 3.8) is 0 Å². The van der Waals surface area contributed by atoms with Crippen LogP contribution in [0.1, 0.15) is 6.92 Å². The molecule has 2 heteroatoms. The van der Waals surface area contributed by atoms with Crippen molar-refractivity contribution in [3.05, 3.63) is 11.8 Å². The van der Waals surface area contributed by atoms with E-state index in [1.807, 2.05) is 6.92 Å². The average Bonchev–Trinajstić information content (AvgIpc) is 1.69. The number of nitrogens with zero attached hydrogens (tertiary/aromatic N) is 1. The quantitative estimate of drug-likeness (QED) is 0.441. The zero-order chi connectivity index (χ0) is 5.11. The smallest absolute Gasteiger partial charge is 0.178 e. The fourth-order valence-corrected chi connectivity index (χ4v) is 0.423. The lowest BCUT2D eigenvalue weighted by Gasteiger charge is -2.00. The summed E-state index contributed by atoms with van der Waals surface area (Å²) in [4.78, 5) is 3.84. The Bertz CT molecular complexity index is 115. The Labute approximate surface area is 42.5 Å². The van der Waals surface area contributed by atoms with Gasteiger partial charge in [-0.25, -0.2) is 0 Å². The Balaban J connectivity index is 2.58. The minimum Gasteiger partial charge on any atom is -0.479 e. The summed E-state index contributed by atoms with van der Waals surface area (Å²) in [5.41, 5.74) is 1.08. The number of hydrogen-bond acceptors (Lipinski definition) is 2. The maximum absolute atomic E-state index is 4.82. The topological polar surface area (TPSA) is 21.6 Å². The van der Waals surface area contributed by atoms with E-state index in [9.17, 15) is 0 Å². The molecule has 0 amide bonds. The summed E-state index contributed by atoms with van der Waals surface area (Å²) in [6, 6.07) is 0. The van der Waals surface area contributed by atoms with E-state index in [0.717, 1.165) is 5.57 Å². The van der Waals surface area contributed by atoms with Crippen LogP contribution in [-0.4, -0.2) is 12.9 Å². The van der Waals surface area contributed by atoms with Gasteiger partial charge in [-0.3, -0.25) is 4.99 Å². The molecule has 0 spiro atoms. The molecule has 1 aliphatic rings. The first-order chi connectivity index (χ1) is 3.39. The molecule has 1 rings (SSSR count). The molecule has 7 heavy (non-hydrogen) atoms. The van der Waals surface area contributed by atoms with Crippen LogP contribution in [0.25, 0.3) is 0 Å². The minimum absolute atomic E-state index is 0.483. The van der Waals surface area contributed by atoms with E-state index in [1.54, 1.807) is 12.5 Å². The van der Waals surface area contributed by atoms with Crippen LogP contribution >= 0.6 is 0 Å². The van der Waals surface area contributed by atoms with Crippen LogP contribution in [0.5, 0.6) is 0 Å². The molecule has 0 fully saturated rings. The third kappa shape index (κ3) is 1.03. The molecule has 0 aromatic heterocycles. The maximum Gasteiger partial charge on any atom is 0.178 e. The van der Waals surface area contributed by atoms with Gasteiger partial charge in [0.05, 0.1) is 6.26 Å². The SMILES string of the molecule is CC1=COCN=C1. The molecule has 0 aromatic carbocycles. The Morgan fingerprint density at radius 2 is 2.71 bits per heavy atom. The van der Waals surface area contributed by atoms with E-state index in [0.29, 0.717) is 6.73 Å². The summed E-state index contributed by atoms with van der Waals surface area (Å²) < 4.78 is 4.82. The van der Waals surface area contributed by atoms with E-state index in [2.05, 4.69) is 4.99 Å². The highest BCUT2D eigenvalue weighted by Gasteiger charge is 1.86. The second-order valence-corrected chi connectivity index (χ2v) is 1.47. The van der Waals surface area contributed by atoms with Crippen LogP contribution in [0.15, 0.2) is 16.8 Å². The highest BCUT2D eigenvalue weighted by molar-refractivity contribution is 5.77. The minimum atomic E-state index is 0.483. The molecular formula is C5H7NO. The molecule has 2 nitrogen and oxygen atoms in total. The molecular weight excluding hydrogens is 90.1 g/mol. The molecule has 0 saturated carbocycles. The van der Waals surface area contributed by atoms with E-state index in [-0.39, 0.29) is 0 Å². The molecule has 0 saturated heterocycles. The highest BCUT2D eigenvalue weighted by Crippen LogP contribution is 1.93. The van der Waals surface area contributed by atoms with Crippen molar-refractivity contribution < 1.29 is 4.74 Å². The summed E-state index contributed by atoms with van der Waals surface area (Å²) in [7, 11) is 0. The fourth-order valence-electron chi connectivity index (χ4n) is 0.423. The van der Waals surface area contributed by atoms with Crippen LogP contribution in [0.2, 0.25) is 0 Å². The van der Waals surface area contributed by atoms with Gasteiger partial charge in [0, 0.05) is 11.8 Å². The van der Waals surface area contributed by atoms with Gasteiger partial charge in [0.1, 0.15) is 0 Å². The fraction of sp³-hybridized carbons (Fsp3) is 0.400. The number of ether oxygens (including phenoxy) is 1. The largest absolute Gasteiger partial charge is 0.479 e. The third-order valence-electron chi connectivity index (χ3n) is 0.713. The zero-order valence-corrected chi connectivity index (χ0v) is 4.22. The van der Waals surface area contributed by atoms with Crippen molar-refractivity contribution in [2.24, 2.45) is 4.99 Å². The van der Waals surface area contributed by atoms with Crippen molar-refractivity contribution in [1.82, 2.24) is 0 Å².